The second-order valence-corrected chi connectivity index (χ2v) is 5.37. The fourth-order valence-corrected chi connectivity index (χ4v) is 2.48. The van der Waals surface area contributed by atoms with E-state index in [0.717, 1.165) is 0 Å². The van der Waals surface area contributed by atoms with Crippen LogP contribution in [0, 0.1) is 20.2 Å². The molecule has 1 heterocycles. The highest BCUT2D eigenvalue weighted by Crippen LogP contribution is 2.41. The third kappa shape index (κ3) is 3.74. The molecule has 0 bridgehead atoms. The number of rotatable bonds is 5. The Kier molecular flexibility index (Phi) is 4.50. The van der Waals surface area contributed by atoms with Crippen LogP contribution in [0.1, 0.15) is 10.4 Å². The van der Waals surface area contributed by atoms with Crippen molar-refractivity contribution < 1.29 is 23.0 Å². The van der Waals surface area contributed by atoms with Gasteiger partial charge in [0.2, 0.25) is 0 Å². The maximum Gasteiger partial charge on any atom is 0.416 e. The Morgan fingerprint density at radius 3 is 2.09 bits per heavy atom. The van der Waals surface area contributed by atoms with E-state index in [1.54, 1.807) is 17.5 Å². The maximum absolute atomic E-state index is 12.8. The van der Waals surface area contributed by atoms with Crippen molar-refractivity contribution in [2.75, 3.05) is 5.32 Å². The van der Waals surface area contributed by atoms with Crippen molar-refractivity contribution in [3.63, 3.8) is 0 Å². The molecule has 2 aromatic rings. The van der Waals surface area contributed by atoms with Crippen LogP contribution in [0.25, 0.3) is 0 Å². The van der Waals surface area contributed by atoms with Gasteiger partial charge in [-0.2, -0.15) is 13.2 Å². The predicted octanol–water partition coefficient (Wildman–Crippen LogP) is 4.20. The first-order valence-electron chi connectivity index (χ1n) is 6.00. The summed E-state index contributed by atoms with van der Waals surface area (Å²) in [6, 6.07) is 3.95. The molecule has 0 spiro atoms. The second kappa shape index (κ2) is 6.20. The summed E-state index contributed by atoms with van der Waals surface area (Å²) < 4.78 is 38.3. The highest BCUT2D eigenvalue weighted by Gasteiger charge is 2.37. The van der Waals surface area contributed by atoms with E-state index in [4.69, 9.17) is 0 Å². The van der Waals surface area contributed by atoms with Crippen LogP contribution in [-0.2, 0) is 12.7 Å². The van der Waals surface area contributed by atoms with Crippen molar-refractivity contribution in [1.82, 2.24) is 0 Å². The lowest BCUT2D eigenvalue weighted by Gasteiger charge is -2.11. The normalized spacial score (nSPS) is 11.3. The Balaban J connectivity index is 2.53. The summed E-state index contributed by atoms with van der Waals surface area (Å²) in [7, 11) is 0. The van der Waals surface area contributed by atoms with E-state index in [0.29, 0.717) is 4.88 Å². The quantitative estimate of drug-likeness (QED) is 0.646. The molecule has 0 atom stereocenters. The molecule has 0 fully saturated rings. The number of anilines is 1. The Morgan fingerprint density at radius 1 is 1.13 bits per heavy atom. The number of alkyl halides is 3. The molecule has 0 unspecified atom stereocenters. The number of nitrogens with one attached hydrogen (secondary N) is 1. The Bertz CT molecular complexity index is 711. The molecule has 1 aromatic heterocycles. The maximum atomic E-state index is 12.8. The largest absolute Gasteiger partial charge is 0.416 e. The molecule has 23 heavy (non-hydrogen) atoms. The summed E-state index contributed by atoms with van der Waals surface area (Å²) in [5.41, 5.74) is -4.00. The molecule has 0 aliphatic heterocycles. The average Bonchev–Trinajstić information content (AvgIpc) is 2.96. The zero-order valence-corrected chi connectivity index (χ0v) is 12.0. The molecule has 0 saturated heterocycles. The number of benzene rings is 1. The fourth-order valence-electron chi connectivity index (χ4n) is 1.83. The van der Waals surface area contributed by atoms with Crippen molar-refractivity contribution in [3.05, 3.63) is 60.3 Å². The average molecular weight is 347 g/mol. The van der Waals surface area contributed by atoms with Crippen LogP contribution in [0.2, 0.25) is 0 Å². The van der Waals surface area contributed by atoms with Crippen LogP contribution in [0.3, 0.4) is 0 Å². The van der Waals surface area contributed by atoms with Gasteiger partial charge in [0.05, 0.1) is 15.4 Å². The van der Waals surface area contributed by atoms with Gasteiger partial charge in [-0.1, -0.05) is 6.07 Å². The van der Waals surface area contributed by atoms with Crippen LogP contribution >= 0.6 is 11.3 Å². The van der Waals surface area contributed by atoms with Crippen LogP contribution < -0.4 is 5.32 Å². The van der Waals surface area contributed by atoms with E-state index in [9.17, 15) is 33.4 Å². The standard InChI is InChI=1S/C12H8F3N3O4S/c13-12(14,15)7-4-9(17(19)20)11(10(5-7)18(21)22)16-6-8-2-1-3-23-8/h1-5,16H,6H2. The number of thiophene rings is 1. The molecule has 0 aliphatic rings. The van der Waals surface area contributed by atoms with E-state index in [2.05, 4.69) is 5.32 Å². The van der Waals surface area contributed by atoms with E-state index < -0.39 is 38.6 Å². The summed E-state index contributed by atoms with van der Waals surface area (Å²) in [5, 5.41) is 26.2. The second-order valence-electron chi connectivity index (χ2n) is 4.33. The molecule has 1 aromatic carbocycles. The van der Waals surface area contributed by atoms with Crippen LogP contribution in [0.5, 0.6) is 0 Å². The van der Waals surface area contributed by atoms with E-state index in [-0.39, 0.29) is 18.7 Å². The Morgan fingerprint density at radius 2 is 1.70 bits per heavy atom. The summed E-state index contributed by atoms with van der Waals surface area (Å²) in [5.74, 6) is 0. The third-order valence-electron chi connectivity index (χ3n) is 2.84. The molecule has 122 valence electrons. The summed E-state index contributed by atoms with van der Waals surface area (Å²) in [4.78, 5) is 20.6. The minimum absolute atomic E-state index is 0.0186. The molecule has 11 heteroatoms. The van der Waals surface area contributed by atoms with Gasteiger partial charge in [0, 0.05) is 23.6 Å². The first kappa shape index (κ1) is 16.7. The van der Waals surface area contributed by atoms with Gasteiger partial charge in [-0.3, -0.25) is 20.2 Å². The topological polar surface area (TPSA) is 98.3 Å². The Hall–Kier alpha value is -2.69. The number of nitro benzene ring substituents is 2. The number of hydrogen-bond acceptors (Lipinski definition) is 6. The van der Waals surface area contributed by atoms with Crippen LogP contribution in [0.4, 0.5) is 30.2 Å². The molecular weight excluding hydrogens is 339 g/mol. The Labute approximate surface area is 130 Å². The van der Waals surface area contributed by atoms with Crippen LogP contribution in [0.15, 0.2) is 29.6 Å². The van der Waals surface area contributed by atoms with Gasteiger partial charge in [0.15, 0.2) is 5.69 Å². The van der Waals surface area contributed by atoms with Crippen molar-refractivity contribution in [2.45, 2.75) is 12.7 Å². The minimum atomic E-state index is -4.93. The molecule has 7 nitrogen and oxygen atoms in total. The monoisotopic (exact) mass is 347 g/mol. The first-order valence-corrected chi connectivity index (χ1v) is 6.88. The van der Waals surface area contributed by atoms with Crippen molar-refractivity contribution in [2.24, 2.45) is 0 Å². The van der Waals surface area contributed by atoms with Gasteiger partial charge in [0.25, 0.3) is 11.4 Å². The van der Waals surface area contributed by atoms with Crippen molar-refractivity contribution in [3.8, 4) is 0 Å². The zero-order chi connectivity index (χ0) is 17.2. The lowest BCUT2D eigenvalue weighted by molar-refractivity contribution is -0.392. The number of nitro groups is 2. The lowest BCUT2D eigenvalue weighted by Crippen LogP contribution is -2.10. The van der Waals surface area contributed by atoms with E-state index in [1.807, 2.05) is 0 Å². The van der Waals surface area contributed by atoms with Gasteiger partial charge in [0.1, 0.15) is 0 Å². The lowest BCUT2D eigenvalue weighted by atomic mass is 10.1. The van der Waals surface area contributed by atoms with E-state index >= 15 is 0 Å². The molecule has 2 rings (SSSR count). The third-order valence-corrected chi connectivity index (χ3v) is 3.71. The molecule has 0 aliphatic carbocycles. The smallest absolute Gasteiger partial charge is 0.369 e. The number of halogens is 3. The predicted molar refractivity (Wildman–Crippen MR) is 76.4 cm³/mol. The fraction of sp³-hybridized carbons (Fsp3) is 0.167. The van der Waals surface area contributed by atoms with Crippen LogP contribution in [-0.4, -0.2) is 9.85 Å². The first-order chi connectivity index (χ1) is 10.7. The van der Waals surface area contributed by atoms with Gasteiger partial charge >= 0.3 is 6.18 Å². The molecule has 0 amide bonds. The van der Waals surface area contributed by atoms with Gasteiger partial charge < -0.3 is 5.32 Å². The number of hydrogen-bond donors (Lipinski definition) is 1. The highest BCUT2D eigenvalue weighted by molar-refractivity contribution is 7.09. The molecule has 0 saturated carbocycles. The van der Waals surface area contributed by atoms with Gasteiger partial charge in [-0.05, 0) is 11.4 Å². The summed E-state index contributed by atoms with van der Waals surface area (Å²) in [6.07, 6.45) is -4.93. The van der Waals surface area contributed by atoms with E-state index in [1.165, 1.54) is 11.3 Å². The molecular formula is C12H8F3N3O4S. The summed E-state index contributed by atoms with van der Waals surface area (Å²) >= 11 is 1.30. The molecule has 1 N–H and O–H groups in total. The highest BCUT2D eigenvalue weighted by atomic mass is 32.1. The SMILES string of the molecule is O=[N+]([O-])c1cc(C(F)(F)F)cc([N+](=O)[O-])c1NCc1cccs1. The number of nitrogens with zero attached hydrogens (tertiary/aromatic N) is 2. The van der Waals surface area contributed by atoms with Crippen molar-refractivity contribution in [1.29, 1.82) is 0 Å². The zero-order valence-electron chi connectivity index (χ0n) is 11.2. The van der Waals surface area contributed by atoms with Crippen molar-refractivity contribution >= 4 is 28.4 Å². The van der Waals surface area contributed by atoms with Gasteiger partial charge in [-0.15, -0.1) is 11.3 Å². The summed E-state index contributed by atoms with van der Waals surface area (Å²) in [6.45, 7) is 0.0186. The minimum Gasteiger partial charge on any atom is -0.369 e. The van der Waals surface area contributed by atoms with Gasteiger partial charge in [-0.25, -0.2) is 0 Å². The molecule has 0 radical (unpaired) electrons.